The number of carbonyl (C=O) groups is 1. The molecule has 4 heteroatoms. The number of ketones is 1. The summed E-state index contributed by atoms with van der Waals surface area (Å²) in [6.07, 6.45) is 1.92. The maximum atomic E-state index is 12.2. The average molecular weight is 310 g/mol. The van der Waals surface area contributed by atoms with Gasteiger partial charge in [-0.15, -0.1) is 0 Å². The highest BCUT2D eigenvalue weighted by Crippen LogP contribution is 2.30. The molecule has 0 radical (unpaired) electrons. The molecule has 0 unspecified atom stereocenters. The molecular weight excluding hydrogens is 292 g/mol. The SMILES string of the molecule is CCCCOc1cc2c(cc1C(C)=O)c(=O)oc1ccccc12. The minimum Gasteiger partial charge on any atom is -0.493 e. The van der Waals surface area contributed by atoms with Gasteiger partial charge in [0.15, 0.2) is 5.78 Å². The molecule has 0 saturated heterocycles. The number of Topliss-reactive ketones (excluding diaryl/α,β-unsaturated/α-hetero) is 1. The van der Waals surface area contributed by atoms with E-state index in [0.717, 1.165) is 23.6 Å². The summed E-state index contributed by atoms with van der Waals surface area (Å²) in [7, 11) is 0. The van der Waals surface area contributed by atoms with Crippen molar-refractivity contribution in [1.82, 2.24) is 0 Å². The van der Waals surface area contributed by atoms with Gasteiger partial charge < -0.3 is 9.15 Å². The molecular formula is C19H18O4. The summed E-state index contributed by atoms with van der Waals surface area (Å²) in [5.74, 6) is 0.389. The predicted octanol–water partition coefficient (Wildman–Crippen LogP) is 4.33. The van der Waals surface area contributed by atoms with Crippen molar-refractivity contribution < 1.29 is 13.9 Å². The highest BCUT2D eigenvalue weighted by Gasteiger charge is 2.15. The molecule has 0 spiro atoms. The number of unbranched alkanes of at least 4 members (excludes halogenated alkanes) is 1. The van der Waals surface area contributed by atoms with Crippen molar-refractivity contribution >= 4 is 27.5 Å². The molecule has 0 atom stereocenters. The first-order valence-electron chi connectivity index (χ1n) is 7.75. The summed E-state index contributed by atoms with van der Waals surface area (Å²) in [4.78, 5) is 24.1. The number of hydrogen-bond donors (Lipinski definition) is 0. The van der Waals surface area contributed by atoms with Crippen molar-refractivity contribution in [1.29, 1.82) is 0 Å². The van der Waals surface area contributed by atoms with Crippen molar-refractivity contribution in [2.75, 3.05) is 6.61 Å². The zero-order valence-electron chi connectivity index (χ0n) is 13.2. The zero-order chi connectivity index (χ0) is 16.4. The van der Waals surface area contributed by atoms with Gasteiger partial charge in [0.05, 0.1) is 17.6 Å². The van der Waals surface area contributed by atoms with Crippen molar-refractivity contribution in [2.45, 2.75) is 26.7 Å². The van der Waals surface area contributed by atoms with Crippen LogP contribution in [0.4, 0.5) is 0 Å². The Balaban J connectivity index is 2.28. The topological polar surface area (TPSA) is 56.5 Å². The number of ether oxygens (including phenoxy) is 1. The maximum Gasteiger partial charge on any atom is 0.344 e. The fraction of sp³-hybridized carbons (Fsp3) is 0.263. The van der Waals surface area contributed by atoms with Gasteiger partial charge in [-0.2, -0.15) is 0 Å². The van der Waals surface area contributed by atoms with Crippen LogP contribution < -0.4 is 10.4 Å². The van der Waals surface area contributed by atoms with Crippen LogP contribution in [0.1, 0.15) is 37.0 Å². The largest absolute Gasteiger partial charge is 0.493 e. The van der Waals surface area contributed by atoms with E-state index in [1.165, 1.54) is 6.92 Å². The minimum absolute atomic E-state index is 0.133. The van der Waals surface area contributed by atoms with E-state index in [1.54, 1.807) is 18.2 Å². The van der Waals surface area contributed by atoms with Crippen molar-refractivity contribution in [3.05, 3.63) is 52.4 Å². The molecule has 0 saturated carbocycles. The molecule has 0 N–H and O–H groups in total. The first kappa shape index (κ1) is 15.3. The lowest BCUT2D eigenvalue weighted by molar-refractivity contribution is 0.101. The average Bonchev–Trinajstić information content (AvgIpc) is 2.54. The van der Waals surface area contributed by atoms with E-state index < -0.39 is 5.63 Å². The molecule has 0 bridgehead atoms. The van der Waals surface area contributed by atoms with E-state index in [1.807, 2.05) is 18.2 Å². The highest BCUT2D eigenvalue weighted by atomic mass is 16.5. The summed E-state index contributed by atoms with van der Waals surface area (Å²) >= 11 is 0. The van der Waals surface area contributed by atoms with E-state index in [9.17, 15) is 9.59 Å². The zero-order valence-corrected chi connectivity index (χ0v) is 13.2. The lowest BCUT2D eigenvalue weighted by Crippen LogP contribution is -2.06. The van der Waals surface area contributed by atoms with Gasteiger partial charge in [0.1, 0.15) is 11.3 Å². The van der Waals surface area contributed by atoms with Crippen molar-refractivity contribution in [2.24, 2.45) is 0 Å². The third-order valence-corrected chi connectivity index (χ3v) is 3.85. The Hall–Kier alpha value is -2.62. The number of fused-ring (bicyclic) bond motifs is 3. The van der Waals surface area contributed by atoms with Gasteiger partial charge in [0, 0.05) is 10.8 Å². The normalized spacial score (nSPS) is 11.0. The van der Waals surface area contributed by atoms with Crippen LogP contribution in [0, 0.1) is 0 Å². The monoisotopic (exact) mass is 310 g/mol. The molecule has 0 amide bonds. The van der Waals surface area contributed by atoms with E-state index in [4.69, 9.17) is 9.15 Å². The summed E-state index contributed by atoms with van der Waals surface area (Å²) in [5.41, 5.74) is 0.498. The smallest absolute Gasteiger partial charge is 0.344 e. The Kier molecular flexibility index (Phi) is 4.15. The van der Waals surface area contributed by atoms with E-state index >= 15 is 0 Å². The molecule has 1 aromatic heterocycles. The van der Waals surface area contributed by atoms with Gasteiger partial charge in [-0.1, -0.05) is 31.5 Å². The summed E-state index contributed by atoms with van der Waals surface area (Å²) in [6.45, 7) is 4.09. The Bertz CT molecular complexity index is 937. The molecule has 0 aliphatic rings. The predicted molar refractivity (Wildman–Crippen MR) is 90.4 cm³/mol. The first-order valence-corrected chi connectivity index (χ1v) is 7.75. The molecule has 2 aromatic carbocycles. The van der Waals surface area contributed by atoms with Crippen LogP contribution in [0.25, 0.3) is 21.7 Å². The number of para-hydroxylation sites is 1. The Morgan fingerprint density at radius 1 is 1.13 bits per heavy atom. The van der Waals surface area contributed by atoms with E-state index in [2.05, 4.69) is 6.92 Å². The third-order valence-electron chi connectivity index (χ3n) is 3.85. The van der Waals surface area contributed by atoms with Crippen LogP contribution in [0.2, 0.25) is 0 Å². The van der Waals surface area contributed by atoms with Gasteiger partial charge in [0.25, 0.3) is 0 Å². The second kappa shape index (κ2) is 6.24. The van der Waals surface area contributed by atoms with Gasteiger partial charge >= 0.3 is 5.63 Å². The maximum absolute atomic E-state index is 12.2. The minimum atomic E-state index is -0.443. The van der Waals surface area contributed by atoms with Crippen LogP contribution in [0.5, 0.6) is 5.75 Å². The molecule has 4 nitrogen and oxygen atoms in total. The highest BCUT2D eigenvalue weighted by molar-refractivity contribution is 6.08. The first-order chi connectivity index (χ1) is 11.1. The van der Waals surface area contributed by atoms with Gasteiger partial charge in [-0.05, 0) is 31.5 Å². The van der Waals surface area contributed by atoms with Crippen LogP contribution in [-0.2, 0) is 0 Å². The van der Waals surface area contributed by atoms with E-state index in [-0.39, 0.29) is 5.78 Å². The number of hydrogen-bond acceptors (Lipinski definition) is 4. The van der Waals surface area contributed by atoms with Crippen LogP contribution in [-0.4, -0.2) is 12.4 Å². The standard InChI is InChI=1S/C19H18O4/c1-3-4-9-22-18-11-15-13-7-5-6-8-17(13)23-19(21)16(15)10-14(18)12(2)20/h5-8,10-11H,3-4,9H2,1-2H3. The Morgan fingerprint density at radius 3 is 2.65 bits per heavy atom. The molecule has 0 aliphatic carbocycles. The number of benzene rings is 2. The van der Waals surface area contributed by atoms with Gasteiger partial charge in [-0.25, -0.2) is 4.79 Å². The fourth-order valence-electron chi connectivity index (χ4n) is 2.63. The quantitative estimate of drug-likeness (QED) is 0.305. The van der Waals surface area contributed by atoms with Crippen LogP contribution in [0.15, 0.2) is 45.6 Å². The summed E-state index contributed by atoms with van der Waals surface area (Å²) in [6, 6.07) is 10.7. The van der Waals surface area contributed by atoms with Gasteiger partial charge in [-0.3, -0.25) is 4.79 Å². The molecule has 118 valence electrons. The second-order valence-electron chi connectivity index (χ2n) is 5.54. The third kappa shape index (κ3) is 2.84. The lowest BCUT2D eigenvalue weighted by Gasteiger charge is -2.11. The lowest BCUT2D eigenvalue weighted by atomic mass is 10.0. The molecule has 1 heterocycles. The summed E-state index contributed by atoms with van der Waals surface area (Å²) in [5, 5.41) is 1.97. The van der Waals surface area contributed by atoms with Crippen molar-refractivity contribution in [3.63, 3.8) is 0 Å². The van der Waals surface area contributed by atoms with Crippen molar-refractivity contribution in [3.8, 4) is 5.75 Å². The summed E-state index contributed by atoms with van der Waals surface area (Å²) < 4.78 is 11.1. The fourth-order valence-corrected chi connectivity index (χ4v) is 2.63. The van der Waals surface area contributed by atoms with E-state index in [0.29, 0.717) is 28.9 Å². The molecule has 23 heavy (non-hydrogen) atoms. The Labute approximate surface area is 133 Å². The van der Waals surface area contributed by atoms with Gasteiger partial charge in [0.2, 0.25) is 0 Å². The van der Waals surface area contributed by atoms with Crippen LogP contribution in [0.3, 0.4) is 0 Å². The Morgan fingerprint density at radius 2 is 1.91 bits per heavy atom. The molecule has 3 rings (SSSR count). The number of carbonyl (C=O) groups excluding carboxylic acids is 1. The molecule has 3 aromatic rings. The number of rotatable bonds is 5. The molecule has 0 fully saturated rings. The van der Waals surface area contributed by atoms with Crippen LogP contribution >= 0.6 is 0 Å². The molecule has 0 aliphatic heterocycles. The second-order valence-corrected chi connectivity index (χ2v) is 5.54.